The zero-order valence-electron chi connectivity index (χ0n) is 9.22. The van der Waals surface area contributed by atoms with Crippen LogP contribution in [0.1, 0.15) is 18.1 Å². The van der Waals surface area contributed by atoms with E-state index in [1.165, 1.54) is 18.2 Å². The Kier molecular flexibility index (Phi) is 4.41. The summed E-state index contributed by atoms with van der Waals surface area (Å²) < 4.78 is 22.2. The van der Waals surface area contributed by atoms with Gasteiger partial charge in [0.15, 0.2) is 0 Å². The maximum atomic E-state index is 11.1. The second-order valence-corrected chi connectivity index (χ2v) is 5.29. The normalized spacial score (nSPS) is 15.1. The monoisotopic (exact) mass is 275 g/mol. The van der Waals surface area contributed by atoms with E-state index in [4.69, 9.17) is 10.2 Å². The van der Waals surface area contributed by atoms with Crippen molar-refractivity contribution in [3.8, 4) is 0 Å². The van der Waals surface area contributed by atoms with Crippen LogP contribution in [0.4, 0.5) is 0 Å². The predicted octanol–water partition coefficient (Wildman–Crippen LogP) is -0.797. The van der Waals surface area contributed by atoms with Crippen LogP contribution in [-0.2, 0) is 14.8 Å². The molecule has 5 N–H and O–H groups in total. The molecule has 2 unspecified atom stereocenters. The second kappa shape index (κ2) is 5.44. The summed E-state index contributed by atoms with van der Waals surface area (Å²) in [6.45, 7) is 0. The minimum Gasteiger partial charge on any atom is -0.481 e. The molecule has 100 valence electrons. The van der Waals surface area contributed by atoms with Gasteiger partial charge in [0.2, 0.25) is 10.0 Å². The number of primary sulfonamides is 1. The second-order valence-electron chi connectivity index (χ2n) is 3.73. The number of rotatable bonds is 5. The van der Waals surface area contributed by atoms with E-state index >= 15 is 0 Å². The van der Waals surface area contributed by atoms with E-state index in [0.717, 1.165) is 6.07 Å². The molecule has 0 amide bonds. The zero-order valence-corrected chi connectivity index (χ0v) is 10.0. The summed E-state index contributed by atoms with van der Waals surface area (Å²) in [6, 6.07) is 5.02. The number of hydrogen-bond donors (Lipinski definition) is 4. The van der Waals surface area contributed by atoms with Gasteiger partial charge in [0, 0.05) is 0 Å². The maximum Gasteiger partial charge on any atom is 0.306 e. The van der Waals surface area contributed by atoms with E-state index in [2.05, 4.69) is 0 Å². The van der Waals surface area contributed by atoms with Crippen LogP contribution in [0.2, 0.25) is 0 Å². The summed E-state index contributed by atoms with van der Waals surface area (Å²) in [7, 11) is -3.92. The average molecular weight is 275 g/mol. The minimum atomic E-state index is -3.92. The number of aliphatic carboxylic acids is 1. The summed E-state index contributed by atoms with van der Waals surface area (Å²) in [6.07, 6.45) is -3.68. The Morgan fingerprint density at radius 2 is 1.94 bits per heavy atom. The molecule has 0 heterocycles. The fourth-order valence-corrected chi connectivity index (χ4v) is 1.96. The number of carboxylic acids is 1. The van der Waals surface area contributed by atoms with E-state index in [0.29, 0.717) is 0 Å². The molecule has 18 heavy (non-hydrogen) atoms. The van der Waals surface area contributed by atoms with Crippen molar-refractivity contribution in [2.24, 2.45) is 5.14 Å². The molecule has 7 nitrogen and oxygen atoms in total. The Morgan fingerprint density at radius 1 is 1.33 bits per heavy atom. The van der Waals surface area contributed by atoms with Gasteiger partial charge < -0.3 is 15.3 Å². The third-order valence-corrected chi connectivity index (χ3v) is 3.19. The summed E-state index contributed by atoms with van der Waals surface area (Å²) in [4.78, 5) is 10.2. The van der Waals surface area contributed by atoms with E-state index in [1.54, 1.807) is 0 Å². The lowest BCUT2D eigenvalue weighted by molar-refractivity contribution is -0.141. The van der Waals surface area contributed by atoms with Gasteiger partial charge in [0.25, 0.3) is 0 Å². The van der Waals surface area contributed by atoms with Crippen LogP contribution in [0.3, 0.4) is 0 Å². The molecule has 0 spiro atoms. The largest absolute Gasteiger partial charge is 0.481 e. The highest BCUT2D eigenvalue weighted by Gasteiger charge is 2.22. The topological polar surface area (TPSA) is 138 Å². The van der Waals surface area contributed by atoms with Crippen LogP contribution in [0.5, 0.6) is 0 Å². The third-order valence-electron chi connectivity index (χ3n) is 2.28. The smallest absolute Gasteiger partial charge is 0.306 e. The highest BCUT2D eigenvalue weighted by molar-refractivity contribution is 7.89. The van der Waals surface area contributed by atoms with Crippen molar-refractivity contribution in [3.63, 3.8) is 0 Å². The van der Waals surface area contributed by atoms with Gasteiger partial charge in [-0.2, -0.15) is 0 Å². The molecule has 1 aromatic carbocycles. The Hall–Kier alpha value is -1.48. The van der Waals surface area contributed by atoms with Crippen LogP contribution < -0.4 is 5.14 Å². The van der Waals surface area contributed by atoms with Crippen molar-refractivity contribution < 1.29 is 28.5 Å². The predicted molar refractivity (Wildman–Crippen MR) is 61.0 cm³/mol. The standard InChI is InChI=1S/C10H13NO6S/c11-18(16,17)7-3-1-2-6(4-7)10(15)8(12)5-9(13)14/h1-4,8,10,12,15H,5H2,(H,13,14)(H2,11,16,17). The molecule has 0 aromatic heterocycles. The zero-order chi connectivity index (χ0) is 13.9. The first-order chi connectivity index (χ1) is 8.21. The van der Waals surface area contributed by atoms with Crippen LogP contribution in [0.25, 0.3) is 0 Å². The van der Waals surface area contributed by atoms with Gasteiger partial charge in [-0.3, -0.25) is 4.79 Å². The summed E-state index contributed by atoms with van der Waals surface area (Å²) >= 11 is 0. The van der Waals surface area contributed by atoms with Crippen LogP contribution in [0.15, 0.2) is 29.2 Å². The molecule has 0 aliphatic carbocycles. The molecule has 8 heteroatoms. The molecule has 1 aromatic rings. The lowest BCUT2D eigenvalue weighted by atomic mass is 10.0. The van der Waals surface area contributed by atoms with Gasteiger partial charge in [-0.1, -0.05) is 12.1 Å². The van der Waals surface area contributed by atoms with Crippen LogP contribution >= 0.6 is 0 Å². The van der Waals surface area contributed by atoms with E-state index in [1.807, 2.05) is 0 Å². The Bertz CT molecular complexity index is 541. The van der Waals surface area contributed by atoms with E-state index in [9.17, 15) is 23.4 Å². The third kappa shape index (κ3) is 3.77. The van der Waals surface area contributed by atoms with Gasteiger partial charge in [-0.25, -0.2) is 13.6 Å². The van der Waals surface area contributed by atoms with Crippen molar-refractivity contribution in [2.45, 2.75) is 23.5 Å². The molecular formula is C10H13NO6S. The van der Waals surface area contributed by atoms with Gasteiger partial charge in [0.1, 0.15) is 6.10 Å². The maximum absolute atomic E-state index is 11.1. The van der Waals surface area contributed by atoms with Crippen molar-refractivity contribution in [1.82, 2.24) is 0 Å². The van der Waals surface area contributed by atoms with E-state index < -0.39 is 34.6 Å². The average Bonchev–Trinajstić information content (AvgIpc) is 2.26. The molecule has 0 saturated carbocycles. The lowest BCUT2D eigenvalue weighted by Gasteiger charge is -2.16. The van der Waals surface area contributed by atoms with Gasteiger partial charge in [0.05, 0.1) is 17.4 Å². The SMILES string of the molecule is NS(=O)(=O)c1cccc(C(O)C(O)CC(=O)O)c1. The van der Waals surface area contributed by atoms with Crippen molar-refractivity contribution in [1.29, 1.82) is 0 Å². The fourth-order valence-electron chi connectivity index (χ4n) is 1.39. The first-order valence-electron chi connectivity index (χ1n) is 4.92. The number of aliphatic hydroxyl groups excluding tert-OH is 2. The summed E-state index contributed by atoms with van der Waals surface area (Å²) in [5.41, 5.74) is 0.0790. The fraction of sp³-hybridized carbons (Fsp3) is 0.300. The number of sulfonamides is 1. The number of carboxylic acid groups (broad SMARTS) is 1. The van der Waals surface area contributed by atoms with Crippen LogP contribution in [-0.4, -0.2) is 35.8 Å². The molecule has 0 aliphatic rings. The Labute approximate surface area is 104 Å². The number of nitrogens with two attached hydrogens (primary N) is 1. The number of hydrogen-bond acceptors (Lipinski definition) is 5. The van der Waals surface area contributed by atoms with Gasteiger partial charge in [-0.05, 0) is 17.7 Å². The van der Waals surface area contributed by atoms with Crippen molar-refractivity contribution >= 4 is 16.0 Å². The molecule has 2 atom stereocenters. The molecule has 0 aliphatic heterocycles. The summed E-state index contributed by atoms with van der Waals surface area (Å²) in [5, 5.41) is 32.5. The van der Waals surface area contributed by atoms with Gasteiger partial charge >= 0.3 is 5.97 Å². The molecule has 0 fully saturated rings. The first-order valence-corrected chi connectivity index (χ1v) is 6.47. The minimum absolute atomic E-state index is 0.0790. The molecular weight excluding hydrogens is 262 g/mol. The molecule has 0 bridgehead atoms. The number of carbonyl (C=O) groups is 1. The first kappa shape index (κ1) is 14.6. The Morgan fingerprint density at radius 3 is 2.44 bits per heavy atom. The van der Waals surface area contributed by atoms with Gasteiger partial charge in [-0.15, -0.1) is 0 Å². The van der Waals surface area contributed by atoms with Crippen molar-refractivity contribution in [3.05, 3.63) is 29.8 Å². The quantitative estimate of drug-likeness (QED) is 0.555. The number of aliphatic hydroxyl groups is 2. The highest BCUT2D eigenvalue weighted by atomic mass is 32.2. The Balaban J connectivity index is 3.00. The van der Waals surface area contributed by atoms with E-state index in [-0.39, 0.29) is 10.5 Å². The molecule has 0 radical (unpaired) electrons. The summed E-state index contributed by atoms with van der Waals surface area (Å²) in [5.74, 6) is -1.27. The lowest BCUT2D eigenvalue weighted by Crippen LogP contribution is -2.22. The number of benzene rings is 1. The molecule has 0 saturated heterocycles. The molecule has 1 rings (SSSR count). The highest BCUT2D eigenvalue weighted by Crippen LogP contribution is 2.21. The van der Waals surface area contributed by atoms with Crippen molar-refractivity contribution in [2.75, 3.05) is 0 Å². The van der Waals surface area contributed by atoms with Crippen LogP contribution in [0, 0.1) is 0 Å².